The molecule has 2 aromatic heterocycles. The molecule has 0 N–H and O–H groups in total. The maximum absolute atomic E-state index is 5.74. The topological polar surface area (TPSA) is 29.0 Å². The van der Waals surface area contributed by atoms with Gasteiger partial charge in [0.05, 0.1) is 5.69 Å². The molecule has 2 aromatic rings. The van der Waals surface area contributed by atoms with Crippen molar-refractivity contribution in [2.24, 2.45) is 0 Å². The summed E-state index contributed by atoms with van der Waals surface area (Å²) in [4.78, 5) is 3.73. The molecule has 0 saturated heterocycles. The fraction of sp³-hybridized carbons (Fsp3) is 0.385. The van der Waals surface area contributed by atoms with Crippen LogP contribution in [-0.2, 0) is 13.1 Å². The van der Waals surface area contributed by atoms with E-state index in [1.165, 1.54) is 4.88 Å². The third-order valence-electron chi connectivity index (χ3n) is 2.72. The number of thiophene rings is 1. The van der Waals surface area contributed by atoms with Gasteiger partial charge in [-0.15, -0.1) is 16.4 Å². The lowest BCUT2D eigenvalue weighted by molar-refractivity contribution is 0.202. The first kappa shape index (κ1) is 13.5. The minimum atomic E-state index is 0.438. The van der Waals surface area contributed by atoms with Crippen LogP contribution in [0.5, 0.6) is 0 Å². The van der Waals surface area contributed by atoms with Crippen molar-refractivity contribution < 1.29 is 0 Å². The Morgan fingerprint density at radius 1 is 1.22 bits per heavy atom. The van der Waals surface area contributed by atoms with Gasteiger partial charge in [-0.2, -0.15) is 5.10 Å². The summed E-state index contributed by atoms with van der Waals surface area (Å²) < 4.78 is 0. The summed E-state index contributed by atoms with van der Waals surface area (Å²) in [6, 6.07) is 8.42. The van der Waals surface area contributed by atoms with Gasteiger partial charge in [0, 0.05) is 24.0 Å². The molecule has 2 rings (SSSR count). The molecule has 0 unspecified atom stereocenters. The van der Waals surface area contributed by atoms with Crippen molar-refractivity contribution in [3.05, 3.63) is 45.4 Å². The summed E-state index contributed by atoms with van der Waals surface area (Å²) in [5, 5.41) is 10.5. The van der Waals surface area contributed by atoms with Crippen molar-refractivity contribution in [3.8, 4) is 0 Å². The van der Waals surface area contributed by atoms with Gasteiger partial charge in [0.1, 0.15) is 0 Å². The lowest BCUT2D eigenvalue weighted by Crippen LogP contribution is -2.29. The van der Waals surface area contributed by atoms with E-state index in [1.54, 1.807) is 17.4 Å². The molecular formula is C13H16ClN3S. The molecule has 0 fully saturated rings. The van der Waals surface area contributed by atoms with Gasteiger partial charge in [-0.05, 0) is 37.4 Å². The molecule has 0 aliphatic rings. The summed E-state index contributed by atoms with van der Waals surface area (Å²) in [6.07, 6.45) is 0. The first-order valence-electron chi connectivity index (χ1n) is 5.89. The first-order valence-corrected chi connectivity index (χ1v) is 7.15. The molecule has 0 aliphatic carbocycles. The number of aromatic nitrogens is 2. The Kier molecular flexibility index (Phi) is 4.69. The highest BCUT2D eigenvalue weighted by molar-refractivity contribution is 7.09. The standard InChI is InChI=1S/C13H16ClN3S/c1-10(2)17(9-12-4-3-7-18-12)8-11-5-6-13(14)16-15-11/h3-7,10H,8-9H2,1-2H3. The Hall–Kier alpha value is -0.970. The fourth-order valence-electron chi connectivity index (χ4n) is 1.66. The van der Waals surface area contributed by atoms with Crippen LogP contribution in [-0.4, -0.2) is 21.1 Å². The van der Waals surface area contributed by atoms with Gasteiger partial charge in [0.15, 0.2) is 5.15 Å². The van der Waals surface area contributed by atoms with Gasteiger partial charge in [-0.1, -0.05) is 17.7 Å². The SMILES string of the molecule is CC(C)N(Cc1ccc(Cl)nn1)Cc1cccs1. The van der Waals surface area contributed by atoms with Crippen molar-refractivity contribution >= 4 is 22.9 Å². The van der Waals surface area contributed by atoms with Crippen LogP contribution in [0.3, 0.4) is 0 Å². The summed E-state index contributed by atoms with van der Waals surface area (Å²) in [5.41, 5.74) is 0.949. The van der Waals surface area contributed by atoms with Crippen LogP contribution in [0.1, 0.15) is 24.4 Å². The van der Waals surface area contributed by atoms with Crippen LogP contribution in [0.4, 0.5) is 0 Å². The average Bonchev–Trinajstić information content (AvgIpc) is 2.84. The highest BCUT2D eigenvalue weighted by atomic mass is 35.5. The van der Waals surface area contributed by atoms with Gasteiger partial charge < -0.3 is 0 Å². The van der Waals surface area contributed by atoms with Crippen molar-refractivity contribution in [2.45, 2.75) is 33.0 Å². The number of halogens is 1. The van der Waals surface area contributed by atoms with Crippen LogP contribution in [0.15, 0.2) is 29.6 Å². The van der Waals surface area contributed by atoms with E-state index in [4.69, 9.17) is 11.6 Å². The van der Waals surface area contributed by atoms with Crippen molar-refractivity contribution in [1.82, 2.24) is 15.1 Å². The van der Waals surface area contributed by atoms with Crippen LogP contribution < -0.4 is 0 Å². The van der Waals surface area contributed by atoms with Gasteiger partial charge >= 0.3 is 0 Å². The van der Waals surface area contributed by atoms with E-state index in [2.05, 4.69) is 46.5 Å². The highest BCUT2D eigenvalue weighted by Crippen LogP contribution is 2.16. The van der Waals surface area contributed by atoms with E-state index < -0.39 is 0 Å². The van der Waals surface area contributed by atoms with E-state index in [-0.39, 0.29) is 0 Å². The second-order valence-corrected chi connectivity index (χ2v) is 5.84. The second kappa shape index (κ2) is 6.27. The molecule has 0 amide bonds. The quantitative estimate of drug-likeness (QED) is 0.838. The molecule has 0 saturated carbocycles. The van der Waals surface area contributed by atoms with E-state index in [0.717, 1.165) is 18.8 Å². The van der Waals surface area contributed by atoms with E-state index in [1.807, 2.05) is 6.07 Å². The van der Waals surface area contributed by atoms with Crippen LogP contribution in [0, 0.1) is 0 Å². The maximum atomic E-state index is 5.74. The minimum absolute atomic E-state index is 0.438. The molecule has 2 heterocycles. The smallest absolute Gasteiger partial charge is 0.151 e. The zero-order valence-corrected chi connectivity index (χ0v) is 12.1. The Labute approximate surface area is 116 Å². The van der Waals surface area contributed by atoms with Crippen LogP contribution in [0.25, 0.3) is 0 Å². The summed E-state index contributed by atoms with van der Waals surface area (Å²) in [6.45, 7) is 6.12. The number of nitrogens with zero attached hydrogens (tertiary/aromatic N) is 3. The molecular weight excluding hydrogens is 266 g/mol. The third kappa shape index (κ3) is 3.77. The first-order chi connectivity index (χ1) is 8.65. The third-order valence-corrected chi connectivity index (χ3v) is 3.78. The molecule has 0 aliphatic heterocycles. The van der Waals surface area contributed by atoms with Gasteiger partial charge in [0.25, 0.3) is 0 Å². The normalized spacial score (nSPS) is 11.4. The molecule has 18 heavy (non-hydrogen) atoms. The summed E-state index contributed by atoms with van der Waals surface area (Å²) >= 11 is 7.52. The monoisotopic (exact) mass is 281 g/mol. The maximum Gasteiger partial charge on any atom is 0.151 e. The Morgan fingerprint density at radius 3 is 2.61 bits per heavy atom. The lowest BCUT2D eigenvalue weighted by atomic mass is 10.2. The predicted octanol–water partition coefficient (Wildman–Crippen LogP) is 3.60. The molecule has 3 nitrogen and oxygen atoms in total. The second-order valence-electron chi connectivity index (χ2n) is 4.43. The summed E-state index contributed by atoms with van der Waals surface area (Å²) in [5.74, 6) is 0. The minimum Gasteiger partial charge on any atom is -0.290 e. The Bertz CT molecular complexity index is 467. The highest BCUT2D eigenvalue weighted by Gasteiger charge is 2.12. The van der Waals surface area contributed by atoms with Crippen molar-refractivity contribution in [1.29, 1.82) is 0 Å². The lowest BCUT2D eigenvalue weighted by Gasteiger charge is -2.25. The molecule has 0 spiro atoms. The van der Waals surface area contributed by atoms with E-state index in [0.29, 0.717) is 11.2 Å². The zero-order chi connectivity index (χ0) is 13.0. The van der Waals surface area contributed by atoms with Gasteiger partial charge in [0.2, 0.25) is 0 Å². The number of hydrogen-bond donors (Lipinski definition) is 0. The van der Waals surface area contributed by atoms with Gasteiger partial charge in [-0.25, -0.2) is 0 Å². The van der Waals surface area contributed by atoms with Crippen LogP contribution >= 0.6 is 22.9 Å². The van der Waals surface area contributed by atoms with Gasteiger partial charge in [-0.3, -0.25) is 4.90 Å². The molecule has 0 aromatic carbocycles. The molecule has 0 radical (unpaired) electrons. The number of hydrogen-bond acceptors (Lipinski definition) is 4. The Balaban J connectivity index is 2.04. The summed E-state index contributed by atoms with van der Waals surface area (Å²) in [7, 11) is 0. The van der Waals surface area contributed by atoms with E-state index >= 15 is 0 Å². The number of rotatable bonds is 5. The molecule has 96 valence electrons. The molecule has 0 bridgehead atoms. The predicted molar refractivity (Wildman–Crippen MR) is 75.7 cm³/mol. The van der Waals surface area contributed by atoms with Crippen LogP contribution in [0.2, 0.25) is 5.15 Å². The molecule has 0 atom stereocenters. The van der Waals surface area contributed by atoms with Crippen molar-refractivity contribution in [2.75, 3.05) is 0 Å². The Morgan fingerprint density at radius 2 is 2.06 bits per heavy atom. The largest absolute Gasteiger partial charge is 0.290 e. The zero-order valence-electron chi connectivity index (χ0n) is 10.5. The molecule has 5 heteroatoms. The fourth-order valence-corrected chi connectivity index (χ4v) is 2.49. The van der Waals surface area contributed by atoms with Crippen molar-refractivity contribution in [3.63, 3.8) is 0 Å². The van der Waals surface area contributed by atoms with E-state index in [9.17, 15) is 0 Å². The average molecular weight is 282 g/mol.